The Kier molecular flexibility index (Phi) is 3.44. The average molecular weight is 297 g/mol. The predicted molar refractivity (Wildman–Crippen MR) is 60.3 cm³/mol. The number of dihydropyridines is 1. The first-order chi connectivity index (χ1) is 6.15. The summed E-state index contributed by atoms with van der Waals surface area (Å²) in [5.41, 5.74) is -1.12. The van der Waals surface area contributed by atoms with Crippen LogP contribution in [0.4, 0.5) is 0 Å². The molecule has 0 aromatic rings. The van der Waals surface area contributed by atoms with Gasteiger partial charge >= 0.3 is 0 Å². The van der Waals surface area contributed by atoms with Crippen molar-refractivity contribution in [2.24, 2.45) is 4.99 Å². The van der Waals surface area contributed by atoms with E-state index in [0.29, 0.717) is 0 Å². The smallest absolute Gasteiger partial charge is 0.189 e. The van der Waals surface area contributed by atoms with Crippen LogP contribution in [-0.2, 0) is 9.84 Å². The largest absolute Gasteiger partial charge is 0.250 e. The molecule has 0 aromatic heterocycles. The second kappa shape index (κ2) is 3.83. The quantitative estimate of drug-likeness (QED) is 0.551. The van der Waals surface area contributed by atoms with Crippen LogP contribution < -0.4 is 0 Å². The molecule has 0 radical (unpaired) electrons. The van der Waals surface area contributed by atoms with Gasteiger partial charge in [0.15, 0.2) is 19.7 Å². The summed E-state index contributed by atoms with van der Waals surface area (Å²) in [6, 6.07) is 0. The molecule has 0 fully saturated rings. The Labute approximate surface area is 102 Å². The van der Waals surface area contributed by atoms with Crippen LogP contribution in [0.25, 0.3) is 0 Å². The fourth-order valence-corrected chi connectivity index (χ4v) is 3.49. The van der Waals surface area contributed by atoms with Crippen LogP contribution in [0.3, 0.4) is 0 Å². The van der Waals surface area contributed by atoms with Gasteiger partial charge in [0.25, 0.3) is 0 Å². The second-order valence-electron chi connectivity index (χ2n) is 2.69. The number of allylic oxidation sites excluding steroid dienone is 1. The van der Waals surface area contributed by atoms with Crippen LogP contribution in [0.2, 0.25) is 0 Å². The molecule has 0 N–H and O–H groups in total. The van der Waals surface area contributed by atoms with Crippen LogP contribution in [0.1, 0.15) is 0 Å². The third kappa shape index (κ3) is 2.36. The van der Waals surface area contributed by atoms with Gasteiger partial charge in [0, 0.05) is 6.26 Å². The van der Waals surface area contributed by atoms with E-state index in [-0.39, 0.29) is 10.1 Å². The summed E-state index contributed by atoms with van der Waals surface area (Å²) in [6.45, 7) is 0. The fraction of sp³-hybridized carbons (Fsp3) is 0.500. The SMILES string of the molecule is CS(=O)(=O)C1=CC(Cl)=NC(Cl)C1(Cl)Cl. The second-order valence-corrected chi connectivity index (χ2v) is 6.86. The number of rotatable bonds is 1. The van der Waals surface area contributed by atoms with Gasteiger partial charge in [-0.15, -0.1) is 0 Å². The van der Waals surface area contributed by atoms with Gasteiger partial charge in [0.05, 0.1) is 4.91 Å². The molecule has 14 heavy (non-hydrogen) atoms. The lowest BCUT2D eigenvalue weighted by molar-refractivity contribution is 0.603. The Morgan fingerprint density at radius 3 is 2.43 bits per heavy atom. The first kappa shape index (κ1) is 12.6. The van der Waals surface area contributed by atoms with Crippen molar-refractivity contribution in [3.63, 3.8) is 0 Å². The highest BCUT2D eigenvalue weighted by Gasteiger charge is 2.44. The minimum absolute atomic E-state index is 0.0395. The van der Waals surface area contributed by atoms with E-state index in [0.717, 1.165) is 12.3 Å². The van der Waals surface area contributed by atoms with Gasteiger partial charge in [-0.3, -0.25) is 4.99 Å². The number of sulfone groups is 1. The molecule has 0 saturated carbocycles. The number of nitrogens with zero attached hydrogens (tertiary/aromatic N) is 1. The van der Waals surface area contributed by atoms with E-state index in [9.17, 15) is 8.42 Å². The summed E-state index contributed by atoms with van der Waals surface area (Å²) in [5, 5.41) is -0.0395. The molecule has 0 spiro atoms. The number of hydrogen-bond acceptors (Lipinski definition) is 3. The first-order valence-electron chi connectivity index (χ1n) is 3.33. The van der Waals surface area contributed by atoms with Gasteiger partial charge in [-0.2, -0.15) is 0 Å². The van der Waals surface area contributed by atoms with E-state index < -0.39 is 19.7 Å². The Hall–Kier alpha value is 0.520. The molecule has 3 nitrogen and oxygen atoms in total. The summed E-state index contributed by atoms with van der Waals surface area (Å²) in [5.74, 6) is 0. The molecule has 1 atom stereocenters. The Morgan fingerprint density at radius 1 is 1.50 bits per heavy atom. The molecule has 0 aromatic carbocycles. The molecule has 80 valence electrons. The van der Waals surface area contributed by atoms with E-state index in [1.807, 2.05) is 0 Å². The molecule has 0 aliphatic carbocycles. The van der Waals surface area contributed by atoms with Gasteiger partial charge in [-0.05, 0) is 6.08 Å². The van der Waals surface area contributed by atoms with E-state index in [4.69, 9.17) is 46.4 Å². The Balaban J connectivity index is 3.34. The maximum atomic E-state index is 11.3. The molecule has 0 saturated heterocycles. The van der Waals surface area contributed by atoms with Crippen molar-refractivity contribution in [1.29, 1.82) is 0 Å². The molecule has 1 rings (SSSR count). The molecule has 1 aliphatic rings. The van der Waals surface area contributed by atoms with Crippen LogP contribution in [-0.4, -0.2) is 29.7 Å². The zero-order valence-electron chi connectivity index (χ0n) is 6.84. The molecular formula is C6H5Cl4NO2S. The Bertz CT molecular complexity index is 412. The minimum atomic E-state index is -3.55. The van der Waals surface area contributed by atoms with Crippen molar-refractivity contribution in [2.75, 3.05) is 6.26 Å². The van der Waals surface area contributed by atoms with Gasteiger partial charge in [0.2, 0.25) is 0 Å². The molecular weight excluding hydrogens is 292 g/mol. The molecule has 0 bridgehead atoms. The molecule has 1 unspecified atom stereocenters. The topological polar surface area (TPSA) is 46.5 Å². The third-order valence-electron chi connectivity index (χ3n) is 1.51. The van der Waals surface area contributed by atoms with Crippen LogP contribution in [0.15, 0.2) is 16.0 Å². The summed E-state index contributed by atoms with van der Waals surface area (Å²) in [6.07, 6.45) is 2.06. The van der Waals surface area contributed by atoms with Crippen molar-refractivity contribution in [2.45, 2.75) is 9.83 Å². The van der Waals surface area contributed by atoms with Crippen molar-refractivity contribution < 1.29 is 8.42 Å². The maximum Gasteiger partial charge on any atom is 0.189 e. The highest BCUT2D eigenvalue weighted by Crippen LogP contribution is 2.42. The van der Waals surface area contributed by atoms with Crippen molar-refractivity contribution in [3.8, 4) is 0 Å². The summed E-state index contributed by atoms with van der Waals surface area (Å²) < 4.78 is 20.8. The summed E-state index contributed by atoms with van der Waals surface area (Å²) in [7, 11) is -3.55. The zero-order valence-corrected chi connectivity index (χ0v) is 10.7. The van der Waals surface area contributed by atoms with Crippen LogP contribution in [0.5, 0.6) is 0 Å². The van der Waals surface area contributed by atoms with Gasteiger partial charge < -0.3 is 0 Å². The number of alkyl halides is 3. The van der Waals surface area contributed by atoms with Crippen molar-refractivity contribution in [3.05, 3.63) is 11.0 Å². The fourth-order valence-electron chi connectivity index (χ4n) is 0.903. The van der Waals surface area contributed by atoms with Crippen LogP contribution >= 0.6 is 46.4 Å². The van der Waals surface area contributed by atoms with Crippen molar-refractivity contribution >= 4 is 61.4 Å². The zero-order chi connectivity index (χ0) is 11.1. The highest BCUT2D eigenvalue weighted by atomic mass is 35.5. The van der Waals surface area contributed by atoms with Gasteiger partial charge in [-0.1, -0.05) is 46.4 Å². The maximum absolute atomic E-state index is 11.3. The van der Waals surface area contributed by atoms with Crippen molar-refractivity contribution in [1.82, 2.24) is 0 Å². The monoisotopic (exact) mass is 295 g/mol. The predicted octanol–water partition coefficient (Wildman–Crippen LogP) is 2.30. The standard InChI is InChI=1S/C6H5Cl4NO2S/c1-14(12,13)3-2-4(7)11-5(8)6(3,9)10/h2,5H,1H3. The molecule has 0 amide bonds. The van der Waals surface area contributed by atoms with E-state index in [1.165, 1.54) is 0 Å². The highest BCUT2D eigenvalue weighted by molar-refractivity contribution is 7.94. The molecule has 8 heteroatoms. The van der Waals surface area contributed by atoms with Gasteiger partial charge in [0.1, 0.15) is 5.17 Å². The lowest BCUT2D eigenvalue weighted by Gasteiger charge is -2.27. The lowest BCUT2D eigenvalue weighted by atomic mass is 10.3. The van der Waals surface area contributed by atoms with Crippen LogP contribution in [0, 0.1) is 0 Å². The number of hydrogen-bond donors (Lipinski definition) is 0. The van der Waals surface area contributed by atoms with Gasteiger partial charge in [-0.25, -0.2) is 8.42 Å². The normalized spacial score (nSPS) is 26.8. The lowest BCUT2D eigenvalue weighted by Crippen LogP contribution is -2.34. The first-order valence-corrected chi connectivity index (χ1v) is 6.79. The summed E-state index contributed by atoms with van der Waals surface area (Å²) in [4.78, 5) is 3.40. The van der Waals surface area contributed by atoms with E-state index >= 15 is 0 Å². The third-order valence-corrected chi connectivity index (χ3v) is 4.65. The summed E-state index contributed by atoms with van der Waals surface area (Å²) >= 11 is 22.7. The molecule has 1 heterocycles. The number of aliphatic imine (C=N–C) groups is 1. The minimum Gasteiger partial charge on any atom is -0.250 e. The number of halogens is 4. The Morgan fingerprint density at radius 2 is 2.00 bits per heavy atom. The van der Waals surface area contributed by atoms with E-state index in [1.54, 1.807) is 0 Å². The average Bonchev–Trinajstić information content (AvgIpc) is 1.95. The molecule has 1 aliphatic heterocycles. The van der Waals surface area contributed by atoms with E-state index in [2.05, 4.69) is 4.99 Å².